The highest BCUT2D eigenvalue weighted by molar-refractivity contribution is 6.30. The second-order valence-corrected chi connectivity index (χ2v) is 6.82. The van der Waals surface area contributed by atoms with E-state index in [4.69, 9.17) is 16.3 Å². The van der Waals surface area contributed by atoms with E-state index in [2.05, 4.69) is 28.5 Å². The van der Waals surface area contributed by atoms with Gasteiger partial charge >= 0.3 is 0 Å². The quantitative estimate of drug-likeness (QED) is 0.435. The number of nitrogens with one attached hydrogen (secondary N) is 1. The molecule has 1 heterocycles. The van der Waals surface area contributed by atoms with Gasteiger partial charge in [-0.1, -0.05) is 24.6 Å². The number of benzene rings is 2. The monoisotopic (exact) mass is 407 g/mol. The molecular formula is C23H22ClN3O2. The number of carbonyl (C=O) groups is 1. The average molecular weight is 408 g/mol. The van der Waals surface area contributed by atoms with Gasteiger partial charge in [0.1, 0.15) is 5.75 Å². The number of aryl methyl sites for hydroxylation is 1. The van der Waals surface area contributed by atoms with E-state index in [-0.39, 0.29) is 5.91 Å². The van der Waals surface area contributed by atoms with Crippen LogP contribution >= 0.6 is 11.6 Å². The van der Waals surface area contributed by atoms with E-state index in [1.807, 2.05) is 36.5 Å². The van der Waals surface area contributed by atoms with E-state index in [1.54, 1.807) is 30.5 Å². The van der Waals surface area contributed by atoms with Crippen LogP contribution in [0.25, 0.3) is 0 Å². The van der Waals surface area contributed by atoms with Gasteiger partial charge in [0.25, 0.3) is 5.91 Å². The van der Waals surface area contributed by atoms with Crippen LogP contribution < -0.4 is 10.2 Å². The first-order valence-corrected chi connectivity index (χ1v) is 9.77. The summed E-state index contributed by atoms with van der Waals surface area (Å²) < 4.78 is 5.77. The molecule has 5 nitrogen and oxygen atoms in total. The summed E-state index contributed by atoms with van der Waals surface area (Å²) in [5, 5.41) is 4.56. The SMILES string of the molecule is CCc1ccc(CCOc2ccc(/C=N/NC(=O)c3ccc(Cl)cc3)cc2)nc1. The van der Waals surface area contributed by atoms with Crippen LogP contribution in [0.3, 0.4) is 0 Å². The molecule has 0 aliphatic carbocycles. The van der Waals surface area contributed by atoms with Crippen LogP contribution in [-0.2, 0) is 12.8 Å². The van der Waals surface area contributed by atoms with Crippen molar-refractivity contribution in [2.24, 2.45) is 5.10 Å². The zero-order valence-corrected chi connectivity index (χ0v) is 16.9. The second-order valence-electron chi connectivity index (χ2n) is 6.38. The Kier molecular flexibility index (Phi) is 7.36. The second kappa shape index (κ2) is 10.4. The maximum absolute atomic E-state index is 12.0. The van der Waals surface area contributed by atoms with Crippen molar-refractivity contribution in [3.8, 4) is 5.75 Å². The maximum Gasteiger partial charge on any atom is 0.271 e. The van der Waals surface area contributed by atoms with Crippen LogP contribution in [0.2, 0.25) is 5.02 Å². The summed E-state index contributed by atoms with van der Waals surface area (Å²) >= 11 is 5.81. The first kappa shape index (κ1) is 20.6. The lowest BCUT2D eigenvalue weighted by molar-refractivity contribution is 0.0955. The fourth-order valence-corrected chi connectivity index (χ4v) is 2.69. The van der Waals surface area contributed by atoms with Crippen molar-refractivity contribution in [1.29, 1.82) is 0 Å². The van der Waals surface area contributed by atoms with Crippen molar-refractivity contribution in [2.45, 2.75) is 19.8 Å². The number of amides is 1. The third-order valence-corrected chi connectivity index (χ3v) is 4.54. The molecule has 0 aliphatic rings. The molecule has 3 rings (SSSR count). The van der Waals surface area contributed by atoms with Crippen LogP contribution in [-0.4, -0.2) is 23.7 Å². The minimum absolute atomic E-state index is 0.293. The first-order chi connectivity index (χ1) is 14.1. The Balaban J connectivity index is 1.44. The molecule has 0 unspecified atom stereocenters. The smallest absolute Gasteiger partial charge is 0.271 e. The van der Waals surface area contributed by atoms with E-state index in [1.165, 1.54) is 5.56 Å². The number of halogens is 1. The minimum atomic E-state index is -0.293. The summed E-state index contributed by atoms with van der Waals surface area (Å²) in [5.41, 5.74) is 6.09. The molecular weight excluding hydrogens is 386 g/mol. The van der Waals surface area contributed by atoms with Gasteiger partial charge in [0.2, 0.25) is 0 Å². The molecule has 0 bridgehead atoms. The molecule has 1 aromatic heterocycles. The number of pyridine rings is 1. The predicted molar refractivity (Wildman–Crippen MR) is 116 cm³/mol. The summed E-state index contributed by atoms with van der Waals surface area (Å²) in [7, 11) is 0. The van der Waals surface area contributed by atoms with Gasteiger partial charge in [-0.25, -0.2) is 5.43 Å². The Morgan fingerprint density at radius 3 is 2.52 bits per heavy atom. The Hall–Kier alpha value is -3.18. The first-order valence-electron chi connectivity index (χ1n) is 9.39. The highest BCUT2D eigenvalue weighted by Gasteiger charge is 2.03. The molecule has 0 fully saturated rings. The zero-order valence-electron chi connectivity index (χ0n) is 16.1. The van der Waals surface area contributed by atoms with Crippen LogP contribution in [0.5, 0.6) is 5.75 Å². The van der Waals surface area contributed by atoms with Crippen molar-refractivity contribution >= 4 is 23.7 Å². The number of carbonyl (C=O) groups excluding carboxylic acids is 1. The number of hydrazone groups is 1. The highest BCUT2D eigenvalue weighted by Crippen LogP contribution is 2.12. The van der Waals surface area contributed by atoms with Crippen molar-refractivity contribution in [1.82, 2.24) is 10.4 Å². The topological polar surface area (TPSA) is 63.6 Å². The number of nitrogens with zero attached hydrogens (tertiary/aromatic N) is 2. The molecule has 148 valence electrons. The summed E-state index contributed by atoms with van der Waals surface area (Å²) in [6.07, 6.45) is 5.24. The molecule has 2 aromatic carbocycles. The van der Waals surface area contributed by atoms with Crippen molar-refractivity contribution in [2.75, 3.05) is 6.61 Å². The van der Waals surface area contributed by atoms with E-state index in [0.29, 0.717) is 17.2 Å². The number of rotatable bonds is 8. The van der Waals surface area contributed by atoms with E-state index in [0.717, 1.165) is 29.8 Å². The van der Waals surface area contributed by atoms with Crippen molar-refractivity contribution in [3.05, 3.63) is 94.3 Å². The number of hydrogen-bond acceptors (Lipinski definition) is 4. The zero-order chi connectivity index (χ0) is 20.5. The van der Waals surface area contributed by atoms with Gasteiger partial charge < -0.3 is 4.74 Å². The highest BCUT2D eigenvalue weighted by atomic mass is 35.5. The van der Waals surface area contributed by atoms with Gasteiger partial charge in [0.15, 0.2) is 0 Å². The summed E-state index contributed by atoms with van der Waals surface area (Å²) in [6.45, 7) is 2.67. The molecule has 1 N–H and O–H groups in total. The lowest BCUT2D eigenvalue weighted by Gasteiger charge is -2.06. The Bertz CT molecular complexity index is 953. The lowest BCUT2D eigenvalue weighted by Crippen LogP contribution is -2.17. The van der Waals surface area contributed by atoms with Crippen LogP contribution in [0.15, 0.2) is 72.0 Å². The molecule has 29 heavy (non-hydrogen) atoms. The molecule has 0 radical (unpaired) electrons. The largest absolute Gasteiger partial charge is 0.493 e. The van der Waals surface area contributed by atoms with Gasteiger partial charge in [-0.2, -0.15) is 5.10 Å². The fourth-order valence-electron chi connectivity index (χ4n) is 2.57. The van der Waals surface area contributed by atoms with E-state index in [9.17, 15) is 4.79 Å². The summed E-state index contributed by atoms with van der Waals surface area (Å²) in [4.78, 5) is 16.4. The summed E-state index contributed by atoms with van der Waals surface area (Å²) in [5.74, 6) is 0.482. The van der Waals surface area contributed by atoms with Crippen molar-refractivity contribution in [3.63, 3.8) is 0 Å². The molecule has 6 heteroatoms. The number of hydrogen-bond donors (Lipinski definition) is 1. The van der Waals surface area contributed by atoms with Crippen LogP contribution in [0.1, 0.15) is 34.1 Å². The van der Waals surface area contributed by atoms with Gasteiger partial charge in [0.05, 0.1) is 12.8 Å². The van der Waals surface area contributed by atoms with Crippen molar-refractivity contribution < 1.29 is 9.53 Å². The Morgan fingerprint density at radius 2 is 1.86 bits per heavy atom. The summed E-state index contributed by atoms with van der Waals surface area (Å²) in [6, 6.07) is 18.3. The van der Waals surface area contributed by atoms with Crippen LogP contribution in [0.4, 0.5) is 0 Å². The van der Waals surface area contributed by atoms with Crippen LogP contribution in [0, 0.1) is 0 Å². The minimum Gasteiger partial charge on any atom is -0.493 e. The normalized spacial score (nSPS) is 10.8. The fraction of sp³-hybridized carbons (Fsp3) is 0.174. The predicted octanol–water partition coefficient (Wildman–Crippen LogP) is 4.68. The van der Waals surface area contributed by atoms with Gasteiger partial charge in [-0.05, 0) is 72.1 Å². The molecule has 0 saturated carbocycles. The third kappa shape index (κ3) is 6.43. The Labute approximate surface area is 175 Å². The van der Waals surface area contributed by atoms with Gasteiger partial charge in [-0.15, -0.1) is 0 Å². The third-order valence-electron chi connectivity index (χ3n) is 4.29. The molecule has 0 saturated heterocycles. The lowest BCUT2D eigenvalue weighted by atomic mass is 10.2. The maximum atomic E-state index is 12.0. The van der Waals surface area contributed by atoms with E-state index < -0.39 is 0 Å². The number of aromatic nitrogens is 1. The molecule has 1 amide bonds. The number of ether oxygens (including phenoxy) is 1. The van der Waals surface area contributed by atoms with Gasteiger partial charge in [-0.3, -0.25) is 9.78 Å². The average Bonchev–Trinajstić information content (AvgIpc) is 2.76. The standard InChI is InChI=1S/C23H22ClN3O2/c1-2-17-3-10-21(25-15-17)13-14-29-22-11-4-18(5-12-22)16-26-27-23(28)19-6-8-20(24)9-7-19/h3-12,15-16H,2,13-14H2,1H3,(H,27,28)/b26-16+. The van der Waals surface area contributed by atoms with E-state index >= 15 is 0 Å². The Morgan fingerprint density at radius 1 is 1.10 bits per heavy atom. The molecule has 3 aromatic rings. The van der Waals surface area contributed by atoms with Gasteiger partial charge in [0, 0.05) is 28.9 Å². The molecule has 0 spiro atoms. The molecule has 0 atom stereocenters. The molecule has 0 aliphatic heterocycles.